The molecule has 1 aliphatic heterocycles. The van der Waals surface area contributed by atoms with E-state index in [0.29, 0.717) is 16.9 Å². The number of nitrogens with zero attached hydrogens (tertiary/aromatic N) is 1. The summed E-state index contributed by atoms with van der Waals surface area (Å²) in [5.41, 5.74) is 9.08. The summed E-state index contributed by atoms with van der Waals surface area (Å²) in [6.45, 7) is 6.42. The van der Waals surface area contributed by atoms with Crippen molar-refractivity contribution in [3.05, 3.63) is 112 Å². The Bertz CT molecular complexity index is 1380. The van der Waals surface area contributed by atoms with Crippen LogP contribution in [0.25, 0.3) is 6.08 Å². The van der Waals surface area contributed by atoms with E-state index in [1.54, 1.807) is 36.4 Å². The molecule has 35 heavy (non-hydrogen) atoms. The highest BCUT2D eigenvalue weighted by Crippen LogP contribution is 2.44. The summed E-state index contributed by atoms with van der Waals surface area (Å²) in [4.78, 5) is 12.4. The molecule has 2 N–H and O–H groups in total. The summed E-state index contributed by atoms with van der Waals surface area (Å²) in [7, 11) is 0. The lowest BCUT2D eigenvalue weighted by molar-refractivity contribution is -0.128. The van der Waals surface area contributed by atoms with Crippen LogP contribution in [0.3, 0.4) is 0 Å². The molecule has 5 nitrogen and oxygen atoms in total. The lowest BCUT2D eigenvalue weighted by atomic mass is 9.83. The summed E-state index contributed by atoms with van der Waals surface area (Å²) in [6, 6.07) is 20.9. The van der Waals surface area contributed by atoms with Gasteiger partial charge in [0.15, 0.2) is 0 Å². The number of hydrogen-bond donors (Lipinski definition) is 1. The Morgan fingerprint density at radius 2 is 1.80 bits per heavy atom. The summed E-state index contributed by atoms with van der Waals surface area (Å²) in [5, 5.41) is 9.62. The van der Waals surface area contributed by atoms with Gasteiger partial charge in [-0.1, -0.05) is 69.3 Å². The molecular formula is C29H25FN2O3. The molecule has 6 heteroatoms. The Labute approximate surface area is 203 Å². The van der Waals surface area contributed by atoms with Gasteiger partial charge in [0.25, 0.3) is 0 Å². The molecule has 0 saturated heterocycles. The summed E-state index contributed by atoms with van der Waals surface area (Å²) in [5.74, 6) is -1.33. The van der Waals surface area contributed by atoms with Gasteiger partial charge in [0, 0.05) is 23.3 Å². The van der Waals surface area contributed by atoms with E-state index in [1.165, 1.54) is 23.8 Å². The van der Waals surface area contributed by atoms with Crippen molar-refractivity contribution in [1.29, 1.82) is 5.26 Å². The molecule has 4 rings (SSSR count). The van der Waals surface area contributed by atoms with Crippen molar-refractivity contribution >= 4 is 12.0 Å². The second-order valence-corrected chi connectivity index (χ2v) is 9.27. The maximum absolute atomic E-state index is 14.6. The Kier molecular flexibility index (Phi) is 6.44. The van der Waals surface area contributed by atoms with Crippen molar-refractivity contribution in [2.24, 2.45) is 5.73 Å². The van der Waals surface area contributed by atoms with Gasteiger partial charge in [-0.15, -0.1) is 0 Å². The Hall–Kier alpha value is -4.37. The minimum Gasteiger partial charge on any atom is -0.440 e. The third kappa shape index (κ3) is 5.10. The monoisotopic (exact) mass is 468 g/mol. The van der Waals surface area contributed by atoms with Crippen LogP contribution in [-0.4, -0.2) is 5.97 Å². The average molecular weight is 469 g/mol. The molecule has 1 aliphatic rings. The summed E-state index contributed by atoms with van der Waals surface area (Å²) in [6.07, 6.45) is 3.02. The van der Waals surface area contributed by atoms with Crippen LogP contribution in [0.2, 0.25) is 0 Å². The lowest BCUT2D eigenvalue weighted by Gasteiger charge is -2.26. The summed E-state index contributed by atoms with van der Waals surface area (Å²) >= 11 is 0. The van der Waals surface area contributed by atoms with Gasteiger partial charge in [0.05, 0.1) is 5.92 Å². The van der Waals surface area contributed by atoms with Crippen LogP contribution in [0, 0.1) is 17.1 Å². The largest absolute Gasteiger partial charge is 0.440 e. The van der Waals surface area contributed by atoms with Crippen LogP contribution in [0.4, 0.5) is 4.39 Å². The molecule has 1 heterocycles. The quantitative estimate of drug-likeness (QED) is 0.290. The van der Waals surface area contributed by atoms with Gasteiger partial charge in [-0.05, 0) is 34.8 Å². The number of ether oxygens (including phenoxy) is 2. The summed E-state index contributed by atoms with van der Waals surface area (Å²) < 4.78 is 25.6. The molecule has 3 aromatic carbocycles. The molecule has 3 aromatic rings. The van der Waals surface area contributed by atoms with Gasteiger partial charge in [-0.25, -0.2) is 9.18 Å². The zero-order valence-electron chi connectivity index (χ0n) is 19.7. The van der Waals surface area contributed by atoms with Gasteiger partial charge in [-0.2, -0.15) is 5.26 Å². The van der Waals surface area contributed by atoms with E-state index in [0.717, 1.165) is 5.56 Å². The molecule has 0 bridgehead atoms. The van der Waals surface area contributed by atoms with Gasteiger partial charge in [0.2, 0.25) is 5.88 Å². The standard InChI is InChI=1S/C29H25FN2O3/c1-29(2,3)19-11-8-18(9-12-19)10-15-26(33)34-20-13-14-22-25(16-20)35-28(32)23(17-31)27(22)21-6-4-5-7-24(21)30/h4-16,27H,32H2,1-3H3/b15-10+. The van der Waals surface area contributed by atoms with Crippen LogP contribution < -0.4 is 15.2 Å². The zero-order valence-corrected chi connectivity index (χ0v) is 19.7. The van der Waals surface area contributed by atoms with E-state index in [9.17, 15) is 14.4 Å². The van der Waals surface area contributed by atoms with Gasteiger partial charge < -0.3 is 15.2 Å². The fourth-order valence-corrected chi connectivity index (χ4v) is 3.94. The smallest absolute Gasteiger partial charge is 0.336 e. The van der Waals surface area contributed by atoms with Gasteiger partial charge >= 0.3 is 5.97 Å². The van der Waals surface area contributed by atoms with E-state index in [1.807, 2.05) is 30.3 Å². The number of fused-ring (bicyclic) bond motifs is 1. The molecule has 0 saturated carbocycles. The number of carbonyl (C=O) groups excluding carboxylic acids is 1. The van der Waals surface area contributed by atoms with E-state index in [2.05, 4.69) is 20.8 Å². The Morgan fingerprint density at radius 1 is 1.09 bits per heavy atom. The second kappa shape index (κ2) is 9.47. The van der Waals surface area contributed by atoms with E-state index >= 15 is 0 Å². The number of carbonyl (C=O) groups is 1. The molecule has 0 fully saturated rings. The van der Waals surface area contributed by atoms with Crippen molar-refractivity contribution in [1.82, 2.24) is 0 Å². The third-order valence-electron chi connectivity index (χ3n) is 5.81. The first-order valence-corrected chi connectivity index (χ1v) is 11.1. The molecule has 0 aliphatic carbocycles. The number of benzene rings is 3. The Balaban J connectivity index is 1.55. The minimum absolute atomic E-state index is 0.0492. The van der Waals surface area contributed by atoms with Crippen molar-refractivity contribution < 1.29 is 18.7 Å². The van der Waals surface area contributed by atoms with Gasteiger partial charge in [-0.3, -0.25) is 0 Å². The maximum atomic E-state index is 14.6. The van der Waals surface area contributed by atoms with Crippen LogP contribution in [0.5, 0.6) is 11.5 Å². The Morgan fingerprint density at radius 3 is 2.46 bits per heavy atom. The topological polar surface area (TPSA) is 85.3 Å². The predicted octanol–water partition coefficient (Wildman–Crippen LogP) is 5.96. The molecule has 176 valence electrons. The number of halogens is 1. The van der Waals surface area contributed by atoms with Crippen molar-refractivity contribution in [3.8, 4) is 17.6 Å². The fourth-order valence-electron chi connectivity index (χ4n) is 3.94. The van der Waals surface area contributed by atoms with Crippen LogP contribution in [-0.2, 0) is 10.2 Å². The number of nitriles is 1. The van der Waals surface area contributed by atoms with E-state index in [-0.39, 0.29) is 22.6 Å². The number of allylic oxidation sites excluding steroid dienone is 1. The highest BCUT2D eigenvalue weighted by molar-refractivity contribution is 5.88. The maximum Gasteiger partial charge on any atom is 0.336 e. The average Bonchev–Trinajstić information content (AvgIpc) is 2.82. The molecule has 0 amide bonds. The zero-order chi connectivity index (χ0) is 25.2. The number of hydrogen-bond acceptors (Lipinski definition) is 5. The van der Waals surface area contributed by atoms with Crippen LogP contribution in [0.1, 0.15) is 48.9 Å². The molecule has 0 spiro atoms. The third-order valence-corrected chi connectivity index (χ3v) is 5.81. The molecule has 0 radical (unpaired) electrons. The van der Waals surface area contributed by atoms with E-state index < -0.39 is 17.7 Å². The first-order chi connectivity index (χ1) is 16.7. The first kappa shape index (κ1) is 23.8. The number of esters is 1. The van der Waals surface area contributed by atoms with Crippen LogP contribution in [0.15, 0.2) is 84.3 Å². The fraction of sp³-hybridized carbons (Fsp3) is 0.172. The predicted molar refractivity (Wildman–Crippen MR) is 132 cm³/mol. The van der Waals surface area contributed by atoms with Gasteiger partial charge in [0.1, 0.15) is 29.0 Å². The molecule has 1 unspecified atom stereocenters. The molecule has 0 aromatic heterocycles. The molecule has 1 atom stereocenters. The molecular weight excluding hydrogens is 443 g/mol. The lowest BCUT2D eigenvalue weighted by Crippen LogP contribution is -2.21. The van der Waals surface area contributed by atoms with Crippen molar-refractivity contribution in [2.75, 3.05) is 0 Å². The van der Waals surface area contributed by atoms with Crippen molar-refractivity contribution in [2.45, 2.75) is 32.1 Å². The minimum atomic E-state index is -0.731. The second-order valence-electron chi connectivity index (χ2n) is 9.27. The van der Waals surface area contributed by atoms with Crippen LogP contribution >= 0.6 is 0 Å². The normalized spacial score (nSPS) is 15.3. The SMILES string of the molecule is CC(C)(C)c1ccc(/C=C/C(=O)Oc2ccc3c(c2)OC(N)=C(C#N)C3c2ccccc2F)cc1. The highest BCUT2D eigenvalue weighted by atomic mass is 19.1. The highest BCUT2D eigenvalue weighted by Gasteiger charge is 2.32. The van der Waals surface area contributed by atoms with E-state index in [4.69, 9.17) is 15.2 Å². The number of rotatable bonds is 4. The first-order valence-electron chi connectivity index (χ1n) is 11.1. The van der Waals surface area contributed by atoms with Crippen molar-refractivity contribution in [3.63, 3.8) is 0 Å². The number of nitrogens with two attached hydrogens (primary N) is 1.